The molecule has 0 saturated carbocycles. The van der Waals surface area contributed by atoms with Crippen LogP contribution in [-0.2, 0) is 10.0 Å². The second-order valence-electron chi connectivity index (χ2n) is 5.50. The molecule has 0 amide bonds. The predicted octanol–water partition coefficient (Wildman–Crippen LogP) is 1.53. The van der Waals surface area contributed by atoms with Crippen LogP contribution in [0.15, 0.2) is 65.6 Å². The zero-order valence-corrected chi connectivity index (χ0v) is 14.6. The van der Waals surface area contributed by atoms with Gasteiger partial charge in [-0.25, -0.2) is 4.72 Å². The molecular weight excluding hydrogens is 322 g/mol. The highest BCUT2D eigenvalue weighted by molar-refractivity contribution is 7.85. The molecule has 2 aromatic carbocycles. The molecule has 126 valence electrons. The third-order valence-electron chi connectivity index (χ3n) is 3.44. The molecule has 2 rings (SSSR count). The van der Waals surface area contributed by atoms with Crippen LogP contribution in [-0.4, -0.2) is 27.7 Å². The number of benzene rings is 2. The van der Waals surface area contributed by atoms with E-state index in [9.17, 15) is 8.42 Å². The summed E-state index contributed by atoms with van der Waals surface area (Å²) in [5.41, 5.74) is 2.57. The largest absolute Gasteiger partial charge is 0.328 e. The Morgan fingerprint density at radius 1 is 1.12 bits per heavy atom. The fraction of sp³-hybridized carbons (Fsp3) is 0.167. The van der Waals surface area contributed by atoms with E-state index in [4.69, 9.17) is 5.41 Å². The van der Waals surface area contributed by atoms with E-state index in [0.717, 1.165) is 11.1 Å². The molecule has 24 heavy (non-hydrogen) atoms. The van der Waals surface area contributed by atoms with Crippen molar-refractivity contribution in [2.75, 3.05) is 13.6 Å². The summed E-state index contributed by atoms with van der Waals surface area (Å²) in [6.45, 7) is 2.28. The van der Waals surface area contributed by atoms with Gasteiger partial charge in [-0.3, -0.25) is 0 Å². The average molecular weight is 344 g/mol. The van der Waals surface area contributed by atoms with Crippen molar-refractivity contribution in [3.8, 4) is 0 Å². The molecule has 0 aliphatic heterocycles. The van der Waals surface area contributed by atoms with Crippen molar-refractivity contribution in [3.05, 3.63) is 71.8 Å². The first-order valence-electron chi connectivity index (χ1n) is 7.58. The lowest BCUT2D eigenvalue weighted by atomic mass is 10.1. The molecule has 6 heteroatoms. The van der Waals surface area contributed by atoms with Crippen LogP contribution in [0.25, 0.3) is 5.70 Å². The minimum Gasteiger partial charge on any atom is -0.314 e. The summed E-state index contributed by atoms with van der Waals surface area (Å²) in [5.74, 6) is 0. The quantitative estimate of drug-likeness (QED) is 0.666. The third-order valence-corrected chi connectivity index (χ3v) is 4.93. The average Bonchev–Trinajstić information content (AvgIpc) is 2.55. The molecule has 0 fully saturated rings. The second kappa shape index (κ2) is 8.01. The van der Waals surface area contributed by atoms with E-state index in [1.54, 1.807) is 37.4 Å². The van der Waals surface area contributed by atoms with Gasteiger partial charge in [0.1, 0.15) is 4.90 Å². The smallest absolute Gasteiger partial charge is 0.314 e. The van der Waals surface area contributed by atoms with Crippen LogP contribution in [0.5, 0.6) is 0 Å². The highest BCUT2D eigenvalue weighted by Gasteiger charge is 2.21. The van der Waals surface area contributed by atoms with Crippen molar-refractivity contribution < 1.29 is 13.1 Å². The number of hydrogen-bond acceptors (Lipinski definition) is 4. The van der Waals surface area contributed by atoms with Crippen LogP contribution < -0.4 is 10.0 Å². The van der Waals surface area contributed by atoms with Crippen molar-refractivity contribution in [2.24, 2.45) is 0 Å². The van der Waals surface area contributed by atoms with E-state index in [0.29, 0.717) is 18.0 Å². The molecule has 4 N–H and O–H groups in total. The van der Waals surface area contributed by atoms with Gasteiger partial charge in [-0.2, -0.15) is 8.42 Å². The van der Waals surface area contributed by atoms with E-state index >= 15 is 0 Å². The minimum absolute atomic E-state index is 0.245. The van der Waals surface area contributed by atoms with Crippen molar-refractivity contribution in [2.45, 2.75) is 11.8 Å². The predicted molar refractivity (Wildman–Crippen MR) is 96.4 cm³/mol. The van der Waals surface area contributed by atoms with Gasteiger partial charge < -0.3 is 10.7 Å². The van der Waals surface area contributed by atoms with Crippen LogP contribution in [0.3, 0.4) is 0 Å². The zero-order valence-electron chi connectivity index (χ0n) is 13.8. The van der Waals surface area contributed by atoms with E-state index in [1.807, 2.05) is 37.3 Å². The first-order chi connectivity index (χ1) is 11.4. The summed E-state index contributed by atoms with van der Waals surface area (Å²) < 4.78 is 26.6. The molecular formula is C18H22N3O2S+. The zero-order chi connectivity index (χ0) is 17.6. The third kappa shape index (κ3) is 4.86. The lowest BCUT2D eigenvalue weighted by Gasteiger charge is -2.08. The Morgan fingerprint density at radius 3 is 2.33 bits per heavy atom. The number of quaternary nitrogens is 1. The summed E-state index contributed by atoms with van der Waals surface area (Å²) in [5, 5.41) is 10.8. The van der Waals surface area contributed by atoms with E-state index in [2.05, 4.69) is 5.32 Å². The maximum atomic E-state index is 12.7. The number of aryl methyl sites for hydroxylation is 1. The van der Waals surface area contributed by atoms with Crippen LogP contribution in [0, 0.1) is 12.3 Å². The molecule has 0 saturated heterocycles. The van der Waals surface area contributed by atoms with E-state index in [-0.39, 0.29) is 4.90 Å². The SMILES string of the molecule is CNCC(=N)/C=C(\[NH2+]S(=O)(=O)c1ccc(C)cc1)c1ccccc1. The van der Waals surface area contributed by atoms with Crippen molar-refractivity contribution in [1.82, 2.24) is 5.32 Å². The van der Waals surface area contributed by atoms with E-state index < -0.39 is 10.0 Å². The number of sulfonamides is 1. The van der Waals surface area contributed by atoms with Gasteiger partial charge in [0.2, 0.25) is 0 Å². The second-order valence-corrected chi connectivity index (χ2v) is 7.29. The Morgan fingerprint density at radius 2 is 1.75 bits per heavy atom. The van der Waals surface area contributed by atoms with Gasteiger partial charge in [0.05, 0.1) is 5.71 Å². The molecule has 0 bridgehead atoms. The molecule has 2 aromatic rings. The van der Waals surface area contributed by atoms with Gasteiger partial charge in [-0.1, -0.05) is 35.9 Å². The van der Waals surface area contributed by atoms with Crippen molar-refractivity contribution in [1.29, 1.82) is 5.41 Å². The minimum atomic E-state index is -3.60. The maximum Gasteiger partial charge on any atom is 0.328 e. The Balaban J connectivity index is 2.38. The first-order valence-corrected chi connectivity index (χ1v) is 9.12. The molecule has 0 unspecified atom stereocenters. The molecule has 0 spiro atoms. The molecule has 0 radical (unpaired) electrons. The number of nitrogens with one attached hydrogen (secondary N) is 2. The monoisotopic (exact) mass is 344 g/mol. The fourth-order valence-corrected chi connectivity index (χ4v) is 3.40. The fourth-order valence-electron chi connectivity index (χ4n) is 2.21. The van der Waals surface area contributed by atoms with Crippen LogP contribution in [0.1, 0.15) is 11.1 Å². The Hall–Kier alpha value is -2.28. The van der Waals surface area contributed by atoms with Crippen LogP contribution in [0.4, 0.5) is 0 Å². The highest BCUT2D eigenvalue weighted by atomic mass is 32.2. The Labute approximate surface area is 143 Å². The standard InChI is InChI=1S/C18H21N3O2S/c1-14-8-10-17(11-9-14)24(22,23)21-18(12-16(19)13-20-2)15-6-4-3-5-7-15/h3-12,19-21H,13H2,1-2H3/p+1/b18-12-,19-16?. The molecule has 0 atom stereocenters. The molecule has 0 aliphatic carbocycles. The van der Waals surface area contributed by atoms with E-state index in [1.165, 1.54) is 4.72 Å². The van der Waals surface area contributed by atoms with Gasteiger partial charge in [0.25, 0.3) is 0 Å². The lowest BCUT2D eigenvalue weighted by molar-refractivity contribution is -0.387. The summed E-state index contributed by atoms with van der Waals surface area (Å²) in [7, 11) is -1.85. The van der Waals surface area contributed by atoms with Gasteiger partial charge >= 0.3 is 10.0 Å². The van der Waals surface area contributed by atoms with Crippen LogP contribution in [0.2, 0.25) is 0 Å². The summed E-state index contributed by atoms with van der Waals surface area (Å²) >= 11 is 0. The van der Waals surface area contributed by atoms with Crippen LogP contribution >= 0.6 is 0 Å². The number of rotatable bonds is 7. The molecule has 5 nitrogen and oxygen atoms in total. The molecule has 0 aromatic heterocycles. The molecule has 0 aliphatic rings. The van der Waals surface area contributed by atoms with Gasteiger partial charge in [-0.05, 0) is 38.2 Å². The summed E-state index contributed by atoms with van der Waals surface area (Å²) in [6.07, 6.45) is 1.58. The Bertz CT molecular complexity index is 826. The normalized spacial score (nSPS) is 12.2. The highest BCUT2D eigenvalue weighted by Crippen LogP contribution is 2.11. The topological polar surface area (TPSA) is 86.6 Å². The summed E-state index contributed by atoms with van der Waals surface area (Å²) in [4.78, 5) is 0.245. The Kier molecular flexibility index (Phi) is 6.03. The van der Waals surface area contributed by atoms with Gasteiger partial charge in [-0.15, -0.1) is 0 Å². The first kappa shape index (κ1) is 18.1. The molecule has 0 heterocycles. The number of hydrogen-bond donors (Lipinski definition) is 3. The lowest BCUT2D eigenvalue weighted by Crippen LogP contribution is -2.84. The number of nitrogens with two attached hydrogens (primary N) is 1. The van der Waals surface area contributed by atoms with Crippen molar-refractivity contribution >= 4 is 21.4 Å². The van der Waals surface area contributed by atoms with Gasteiger partial charge in [0, 0.05) is 18.2 Å². The van der Waals surface area contributed by atoms with Gasteiger partial charge in [0.15, 0.2) is 5.70 Å². The van der Waals surface area contributed by atoms with Crippen molar-refractivity contribution in [3.63, 3.8) is 0 Å². The number of primary sulfonamides is 1. The summed E-state index contributed by atoms with van der Waals surface area (Å²) in [6, 6.07) is 16.0. The maximum absolute atomic E-state index is 12.7.